The number of benzene rings is 2. The summed E-state index contributed by atoms with van der Waals surface area (Å²) in [7, 11) is 3.21. The topological polar surface area (TPSA) is 47.6 Å². The molecule has 0 unspecified atom stereocenters. The molecule has 5 heteroatoms. The van der Waals surface area contributed by atoms with Crippen LogP contribution < -0.4 is 14.8 Å². The molecule has 0 fully saturated rings. The Labute approximate surface area is 160 Å². The summed E-state index contributed by atoms with van der Waals surface area (Å²) >= 11 is 1.61. The predicted molar refractivity (Wildman–Crippen MR) is 107 cm³/mol. The van der Waals surface area contributed by atoms with Crippen LogP contribution in [-0.2, 0) is 11.3 Å². The van der Waals surface area contributed by atoms with E-state index in [1.54, 1.807) is 26.0 Å². The van der Waals surface area contributed by atoms with Gasteiger partial charge in [-0.25, -0.2) is 0 Å². The molecule has 0 aliphatic carbocycles. The van der Waals surface area contributed by atoms with Crippen molar-refractivity contribution in [1.29, 1.82) is 0 Å². The SMILES string of the molecule is COc1ccc(CNC(=O)[C@@H](C)Sc2c(C)cc(C)cc2C)cc1OC. The van der Waals surface area contributed by atoms with Crippen LogP contribution in [-0.4, -0.2) is 25.4 Å². The summed E-state index contributed by atoms with van der Waals surface area (Å²) in [6.45, 7) is 8.67. The van der Waals surface area contributed by atoms with Crippen molar-refractivity contribution < 1.29 is 14.3 Å². The van der Waals surface area contributed by atoms with Gasteiger partial charge in [-0.3, -0.25) is 4.79 Å². The van der Waals surface area contributed by atoms with E-state index in [4.69, 9.17) is 9.47 Å². The van der Waals surface area contributed by atoms with E-state index in [1.165, 1.54) is 21.6 Å². The lowest BCUT2D eigenvalue weighted by atomic mass is 10.1. The first kappa shape index (κ1) is 20.2. The molecule has 0 saturated carbocycles. The average Bonchev–Trinajstić information content (AvgIpc) is 2.61. The lowest BCUT2D eigenvalue weighted by Gasteiger charge is -2.16. The number of carbonyl (C=O) groups excluding carboxylic acids is 1. The van der Waals surface area contributed by atoms with Gasteiger partial charge < -0.3 is 14.8 Å². The first-order valence-electron chi connectivity index (χ1n) is 8.58. The molecular weight excluding hydrogens is 346 g/mol. The molecule has 140 valence electrons. The molecule has 4 nitrogen and oxygen atoms in total. The van der Waals surface area contributed by atoms with E-state index in [-0.39, 0.29) is 11.2 Å². The monoisotopic (exact) mass is 373 g/mol. The van der Waals surface area contributed by atoms with Crippen molar-refractivity contribution in [3.05, 3.63) is 52.6 Å². The van der Waals surface area contributed by atoms with Crippen molar-refractivity contribution in [2.75, 3.05) is 14.2 Å². The standard InChI is InChI=1S/C21H27NO3S/c1-13-9-14(2)20(15(3)10-13)26-16(4)21(23)22-12-17-7-8-18(24-5)19(11-17)25-6/h7-11,16H,12H2,1-6H3,(H,22,23)/t16-/m1/s1. The molecule has 0 spiro atoms. The van der Waals surface area contributed by atoms with E-state index >= 15 is 0 Å². The second kappa shape index (κ2) is 8.99. The van der Waals surface area contributed by atoms with Crippen molar-refractivity contribution in [2.24, 2.45) is 0 Å². The Morgan fingerprint density at radius 2 is 1.65 bits per heavy atom. The molecule has 1 N–H and O–H groups in total. The molecule has 2 rings (SSSR count). The number of hydrogen-bond acceptors (Lipinski definition) is 4. The third-order valence-corrected chi connectivity index (χ3v) is 5.63. The maximum atomic E-state index is 12.5. The van der Waals surface area contributed by atoms with Crippen molar-refractivity contribution in [2.45, 2.75) is 44.4 Å². The Bertz CT molecular complexity index is 766. The van der Waals surface area contributed by atoms with Gasteiger partial charge in [-0.2, -0.15) is 0 Å². The molecule has 1 amide bonds. The number of aryl methyl sites for hydroxylation is 3. The number of nitrogens with one attached hydrogen (secondary N) is 1. The molecule has 2 aromatic rings. The van der Waals surface area contributed by atoms with Gasteiger partial charge in [-0.05, 0) is 56.5 Å². The highest BCUT2D eigenvalue weighted by Crippen LogP contribution is 2.31. The van der Waals surface area contributed by atoms with E-state index in [1.807, 2.05) is 25.1 Å². The number of methoxy groups -OCH3 is 2. The lowest BCUT2D eigenvalue weighted by Crippen LogP contribution is -2.30. The molecule has 0 aliphatic heterocycles. The average molecular weight is 374 g/mol. The zero-order valence-corrected chi connectivity index (χ0v) is 17.1. The Kier molecular flexibility index (Phi) is 6.98. The largest absolute Gasteiger partial charge is 0.493 e. The van der Waals surface area contributed by atoms with E-state index in [9.17, 15) is 4.79 Å². The zero-order chi connectivity index (χ0) is 19.3. The molecule has 0 aromatic heterocycles. The van der Waals surface area contributed by atoms with Gasteiger partial charge in [0.15, 0.2) is 11.5 Å². The Morgan fingerprint density at radius 1 is 1.04 bits per heavy atom. The second-order valence-corrected chi connectivity index (χ2v) is 7.75. The van der Waals surface area contributed by atoms with Crippen molar-refractivity contribution in [3.8, 4) is 11.5 Å². The molecule has 2 aromatic carbocycles. The molecule has 0 heterocycles. The summed E-state index contributed by atoms with van der Waals surface area (Å²) in [4.78, 5) is 13.7. The zero-order valence-electron chi connectivity index (χ0n) is 16.3. The third-order valence-electron chi connectivity index (χ3n) is 4.18. The second-order valence-electron chi connectivity index (χ2n) is 6.40. The van der Waals surface area contributed by atoms with Gasteiger partial charge in [0.2, 0.25) is 5.91 Å². The molecule has 0 saturated heterocycles. The minimum absolute atomic E-state index is 0.0177. The van der Waals surface area contributed by atoms with Crippen LogP contribution in [0.4, 0.5) is 0 Å². The number of rotatable bonds is 7. The summed E-state index contributed by atoms with van der Waals surface area (Å²) in [6, 6.07) is 9.96. The van der Waals surface area contributed by atoms with Gasteiger partial charge in [0.1, 0.15) is 0 Å². The van der Waals surface area contributed by atoms with E-state index in [0.717, 1.165) is 5.56 Å². The Hall–Kier alpha value is -2.14. The van der Waals surface area contributed by atoms with Gasteiger partial charge in [0.25, 0.3) is 0 Å². The van der Waals surface area contributed by atoms with Gasteiger partial charge in [0.05, 0.1) is 19.5 Å². The number of hydrogen-bond donors (Lipinski definition) is 1. The van der Waals surface area contributed by atoms with Crippen LogP contribution in [0.5, 0.6) is 11.5 Å². The van der Waals surface area contributed by atoms with Crippen LogP contribution in [0.2, 0.25) is 0 Å². The molecule has 0 bridgehead atoms. The third kappa shape index (κ3) is 4.94. The van der Waals surface area contributed by atoms with Crippen LogP contribution in [0.15, 0.2) is 35.2 Å². The van der Waals surface area contributed by atoms with Crippen LogP contribution in [0, 0.1) is 20.8 Å². The van der Waals surface area contributed by atoms with E-state index in [2.05, 4.69) is 38.2 Å². The Balaban J connectivity index is 2.00. The van der Waals surface area contributed by atoms with Crippen molar-refractivity contribution in [1.82, 2.24) is 5.32 Å². The summed E-state index contributed by atoms with van der Waals surface area (Å²) in [5.74, 6) is 1.36. The number of amides is 1. The molecule has 0 aliphatic rings. The van der Waals surface area contributed by atoms with Crippen LogP contribution in [0.3, 0.4) is 0 Å². The van der Waals surface area contributed by atoms with Crippen LogP contribution in [0.1, 0.15) is 29.2 Å². The maximum absolute atomic E-state index is 12.5. The molecule has 26 heavy (non-hydrogen) atoms. The van der Waals surface area contributed by atoms with Crippen LogP contribution >= 0.6 is 11.8 Å². The molecular formula is C21H27NO3S. The fourth-order valence-electron chi connectivity index (χ4n) is 2.91. The highest BCUT2D eigenvalue weighted by atomic mass is 32.2. The van der Waals surface area contributed by atoms with Gasteiger partial charge in [-0.1, -0.05) is 23.8 Å². The summed E-state index contributed by atoms with van der Waals surface area (Å²) in [5, 5.41) is 2.83. The Morgan fingerprint density at radius 3 is 2.23 bits per heavy atom. The normalized spacial score (nSPS) is 11.8. The highest BCUT2D eigenvalue weighted by molar-refractivity contribution is 8.00. The van der Waals surface area contributed by atoms with E-state index < -0.39 is 0 Å². The minimum Gasteiger partial charge on any atom is -0.493 e. The van der Waals surface area contributed by atoms with Crippen molar-refractivity contribution >= 4 is 17.7 Å². The highest BCUT2D eigenvalue weighted by Gasteiger charge is 2.17. The number of ether oxygens (including phenoxy) is 2. The molecule has 1 atom stereocenters. The number of carbonyl (C=O) groups is 1. The first-order chi connectivity index (χ1) is 12.3. The van der Waals surface area contributed by atoms with E-state index in [0.29, 0.717) is 18.0 Å². The summed E-state index contributed by atoms with van der Waals surface area (Å²) in [5.41, 5.74) is 4.64. The maximum Gasteiger partial charge on any atom is 0.233 e. The first-order valence-corrected chi connectivity index (χ1v) is 9.46. The van der Waals surface area contributed by atoms with Gasteiger partial charge in [-0.15, -0.1) is 11.8 Å². The summed E-state index contributed by atoms with van der Waals surface area (Å²) in [6.07, 6.45) is 0. The smallest absolute Gasteiger partial charge is 0.233 e. The van der Waals surface area contributed by atoms with Crippen molar-refractivity contribution in [3.63, 3.8) is 0 Å². The minimum atomic E-state index is -0.171. The summed E-state index contributed by atoms with van der Waals surface area (Å²) < 4.78 is 10.5. The van der Waals surface area contributed by atoms with Gasteiger partial charge in [0, 0.05) is 11.4 Å². The fourth-order valence-corrected chi connectivity index (χ4v) is 3.94. The number of thioether (sulfide) groups is 1. The fraction of sp³-hybridized carbons (Fsp3) is 0.381. The predicted octanol–water partition coefficient (Wildman–Crippen LogP) is 4.43. The van der Waals surface area contributed by atoms with Gasteiger partial charge >= 0.3 is 0 Å². The van der Waals surface area contributed by atoms with Crippen LogP contribution in [0.25, 0.3) is 0 Å². The quantitative estimate of drug-likeness (QED) is 0.730. The molecule has 0 radical (unpaired) electrons. The lowest BCUT2D eigenvalue weighted by molar-refractivity contribution is -0.120.